The van der Waals surface area contributed by atoms with Gasteiger partial charge in [0.1, 0.15) is 6.54 Å². The van der Waals surface area contributed by atoms with Crippen LogP contribution in [0.25, 0.3) is 6.08 Å². The SMILES string of the molecule is COc1c(Cl)cc(/C=C2/SC(=O)N(CC(=O)N3CCOCC3)C2=O)cc1Br. The quantitative estimate of drug-likeness (QED) is 0.623. The molecule has 2 saturated heterocycles. The predicted octanol–water partition coefficient (Wildman–Crippen LogP) is 3.01. The molecule has 0 bridgehead atoms. The molecule has 1 aromatic rings. The largest absolute Gasteiger partial charge is 0.494 e. The van der Waals surface area contributed by atoms with Gasteiger partial charge >= 0.3 is 0 Å². The van der Waals surface area contributed by atoms with Crippen molar-refractivity contribution in [3.63, 3.8) is 0 Å². The number of thioether (sulfide) groups is 1. The Bertz CT molecular complexity index is 803. The van der Waals surface area contributed by atoms with Crippen molar-refractivity contribution in [2.24, 2.45) is 0 Å². The lowest BCUT2D eigenvalue weighted by Crippen LogP contribution is -2.46. The summed E-state index contributed by atoms with van der Waals surface area (Å²) >= 11 is 10.3. The van der Waals surface area contributed by atoms with Crippen LogP contribution < -0.4 is 4.74 Å². The van der Waals surface area contributed by atoms with Crippen LogP contribution in [0.3, 0.4) is 0 Å². The second kappa shape index (κ2) is 8.64. The fourth-order valence-corrected chi connectivity index (χ4v) is 4.59. The van der Waals surface area contributed by atoms with E-state index in [1.807, 2.05) is 0 Å². The zero-order valence-electron chi connectivity index (χ0n) is 14.4. The van der Waals surface area contributed by atoms with E-state index in [4.69, 9.17) is 21.1 Å². The molecule has 2 aliphatic rings. The molecule has 1 aromatic carbocycles. The molecule has 0 radical (unpaired) electrons. The molecule has 0 N–H and O–H groups in total. The van der Waals surface area contributed by atoms with Crippen molar-refractivity contribution in [1.29, 1.82) is 0 Å². The number of amides is 3. The van der Waals surface area contributed by atoms with Crippen molar-refractivity contribution in [3.8, 4) is 5.75 Å². The number of nitrogens with zero attached hydrogens (tertiary/aromatic N) is 2. The normalized spacial score (nSPS) is 19.1. The van der Waals surface area contributed by atoms with Crippen LogP contribution in [0.4, 0.5) is 4.79 Å². The average Bonchev–Trinajstić information content (AvgIpc) is 2.89. The van der Waals surface area contributed by atoms with Gasteiger partial charge in [-0.1, -0.05) is 11.6 Å². The summed E-state index contributed by atoms with van der Waals surface area (Å²) in [6.45, 7) is 1.57. The highest BCUT2D eigenvalue weighted by Crippen LogP contribution is 2.37. The van der Waals surface area contributed by atoms with Crippen LogP contribution >= 0.6 is 39.3 Å². The van der Waals surface area contributed by atoms with Crippen molar-refractivity contribution < 1.29 is 23.9 Å². The molecule has 2 aliphatic heterocycles. The van der Waals surface area contributed by atoms with Crippen molar-refractivity contribution >= 4 is 62.4 Å². The maximum atomic E-state index is 12.6. The van der Waals surface area contributed by atoms with E-state index in [9.17, 15) is 14.4 Å². The molecule has 3 rings (SSSR count). The number of methoxy groups -OCH3 is 1. The van der Waals surface area contributed by atoms with E-state index in [1.54, 1.807) is 23.1 Å². The highest BCUT2D eigenvalue weighted by atomic mass is 79.9. The molecule has 2 fully saturated rings. The number of hydrogen-bond donors (Lipinski definition) is 0. The third-order valence-electron chi connectivity index (χ3n) is 4.05. The molecule has 0 aromatic heterocycles. The van der Waals surface area contributed by atoms with E-state index in [0.29, 0.717) is 47.1 Å². The van der Waals surface area contributed by atoms with E-state index >= 15 is 0 Å². The lowest BCUT2D eigenvalue weighted by molar-refractivity contribution is -0.139. The zero-order chi connectivity index (χ0) is 19.6. The molecule has 7 nitrogen and oxygen atoms in total. The number of benzene rings is 1. The smallest absolute Gasteiger partial charge is 0.294 e. The Labute approximate surface area is 173 Å². The Morgan fingerprint density at radius 2 is 2.07 bits per heavy atom. The standard InChI is InChI=1S/C17H16BrClN2O5S/c1-25-15-11(18)6-10(7-12(15)19)8-13-16(23)21(17(24)27-13)9-14(22)20-2-4-26-5-3-20/h6-8H,2-5,9H2,1H3/b13-8+. The highest BCUT2D eigenvalue weighted by Gasteiger charge is 2.37. The molecular weight excluding hydrogens is 460 g/mol. The van der Waals surface area contributed by atoms with Gasteiger partial charge in [0.2, 0.25) is 5.91 Å². The van der Waals surface area contributed by atoms with E-state index in [-0.39, 0.29) is 17.4 Å². The summed E-state index contributed by atoms with van der Waals surface area (Å²) in [6.07, 6.45) is 1.57. The lowest BCUT2D eigenvalue weighted by Gasteiger charge is -2.28. The van der Waals surface area contributed by atoms with Gasteiger partial charge in [-0.15, -0.1) is 0 Å². The minimum absolute atomic E-state index is 0.239. The highest BCUT2D eigenvalue weighted by molar-refractivity contribution is 9.10. The summed E-state index contributed by atoms with van der Waals surface area (Å²) in [5, 5.41) is -0.0913. The first-order valence-electron chi connectivity index (χ1n) is 8.04. The molecule has 0 atom stereocenters. The van der Waals surface area contributed by atoms with Gasteiger partial charge in [0.15, 0.2) is 5.75 Å². The minimum atomic E-state index is -0.491. The van der Waals surface area contributed by atoms with Crippen molar-refractivity contribution in [1.82, 2.24) is 9.80 Å². The molecule has 0 saturated carbocycles. The third kappa shape index (κ3) is 4.48. The van der Waals surface area contributed by atoms with Crippen molar-refractivity contribution in [2.45, 2.75) is 0 Å². The molecular formula is C17H16BrClN2O5S. The Morgan fingerprint density at radius 3 is 2.70 bits per heavy atom. The van der Waals surface area contributed by atoms with Gasteiger partial charge < -0.3 is 14.4 Å². The van der Waals surface area contributed by atoms with Crippen LogP contribution in [-0.2, 0) is 14.3 Å². The molecule has 144 valence electrons. The zero-order valence-corrected chi connectivity index (χ0v) is 17.5. The molecule has 2 heterocycles. The number of imide groups is 1. The first-order chi connectivity index (χ1) is 12.9. The molecule has 0 spiro atoms. The summed E-state index contributed by atoms with van der Waals surface area (Å²) in [6, 6.07) is 3.37. The Hall–Kier alpha value is -1.55. The molecule has 0 aliphatic carbocycles. The van der Waals surface area contributed by atoms with Gasteiger partial charge in [0.05, 0.1) is 34.7 Å². The number of hydrogen-bond acceptors (Lipinski definition) is 6. The second-order valence-corrected chi connectivity index (χ2v) is 8.03. The Balaban J connectivity index is 1.75. The average molecular weight is 476 g/mol. The fraction of sp³-hybridized carbons (Fsp3) is 0.353. The van der Waals surface area contributed by atoms with Gasteiger partial charge in [-0.3, -0.25) is 19.3 Å². The van der Waals surface area contributed by atoms with E-state index in [2.05, 4.69) is 15.9 Å². The van der Waals surface area contributed by atoms with Crippen LogP contribution in [-0.4, -0.2) is 66.8 Å². The number of rotatable bonds is 4. The maximum absolute atomic E-state index is 12.6. The van der Waals surface area contributed by atoms with Gasteiger partial charge in [-0.25, -0.2) is 0 Å². The first-order valence-corrected chi connectivity index (χ1v) is 10.0. The van der Waals surface area contributed by atoms with Gasteiger partial charge in [0, 0.05) is 13.1 Å². The minimum Gasteiger partial charge on any atom is -0.494 e. The van der Waals surface area contributed by atoms with Gasteiger partial charge in [-0.2, -0.15) is 0 Å². The topological polar surface area (TPSA) is 76.2 Å². The van der Waals surface area contributed by atoms with Gasteiger partial charge in [0.25, 0.3) is 11.1 Å². The monoisotopic (exact) mass is 474 g/mol. The van der Waals surface area contributed by atoms with E-state index in [1.165, 1.54) is 7.11 Å². The number of carbonyl (C=O) groups excluding carboxylic acids is 3. The van der Waals surface area contributed by atoms with Crippen molar-refractivity contribution in [3.05, 3.63) is 32.1 Å². The van der Waals surface area contributed by atoms with Crippen LogP contribution in [0.1, 0.15) is 5.56 Å². The van der Waals surface area contributed by atoms with Crippen molar-refractivity contribution in [2.75, 3.05) is 40.0 Å². The number of morpholine rings is 1. The van der Waals surface area contributed by atoms with Crippen LogP contribution in [0.2, 0.25) is 5.02 Å². The summed E-state index contributed by atoms with van der Waals surface area (Å²) < 4.78 is 11.0. The molecule has 0 unspecified atom stereocenters. The van der Waals surface area contributed by atoms with Gasteiger partial charge in [-0.05, 0) is 51.5 Å². The fourth-order valence-electron chi connectivity index (χ4n) is 2.69. The van der Waals surface area contributed by atoms with E-state index in [0.717, 1.165) is 16.7 Å². The number of halogens is 2. The van der Waals surface area contributed by atoms with E-state index < -0.39 is 11.1 Å². The molecule has 27 heavy (non-hydrogen) atoms. The molecule has 3 amide bonds. The van der Waals surface area contributed by atoms with Crippen LogP contribution in [0.15, 0.2) is 21.5 Å². The lowest BCUT2D eigenvalue weighted by atomic mass is 10.2. The number of carbonyl (C=O) groups is 3. The molecule has 10 heteroatoms. The summed E-state index contributed by atoms with van der Waals surface area (Å²) in [7, 11) is 1.50. The predicted molar refractivity (Wildman–Crippen MR) is 106 cm³/mol. The first kappa shape index (κ1) is 20.2. The third-order valence-corrected chi connectivity index (χ3v) is 5.83. The number of ether oxygens (including phenoxy) is 2. The maximum Gasteiger partial charge on any atom is 0.294 e. The summed E-state index contributed by atoms with van der Waals surface area (Å²) in [5.41, 5.74) is 0.637. The second-order valence-electron chi connectivity index (χ2n) is 5.78. The summed E-state index contributed by atoms with van der Waals surface area (Å²) in [5.74, 6) is -0.273. The van der Waals surface area contributed by atoms with Crippen LogP contribution in [0.5, 0.6) is 5.75 Å². The Morgan fingerprint density at radius 1 is 1.37 bits per heavy atom. The summed E-state index contributed by atoms with van der Waals surface area (Å²) in [4.78, 5) is 39.9. The van der Waals surface area contributed by atoms with Crippen LogP contribution in [0, 0.1) is 0 Å². The Kier molecular flexibility index (Phi) is 6.46.